The summed E-state index contributed by atoms with van der Waals surface area (Å²) in [7, 11) is 0. The molecule has 5 heteroatoms. The van der Waals surface area contributed by atoms with Crippen molar-refractivity contribution in [1.29, 1.82) is 0 Å². The van der Waals surface area contributed by atoms with Crippen LogP contribution in [0.2, 0.25) is 0 Å². The van der Waals surface area contributed by atoms with Crippen LogP contribution >= 0.6 is 31.9 Å². The molecule has 0 saturated heterocycles. The Morgan fingerprint density at radius 3 is 1.35 bits per heavy atom. The molecule has 0 spiro atoms. The number of hydrogen-bond acceptors (Lipinski definition) is 1. The average molecular weight is 478 g/mol. The molecule has 0 radical (unpaired) electrons. The van der Waals surface area contributed by atoms with Crippen LogP contribution in [-0.4, -0.2) is 9.13 Å². The van der Waals surface area contributed by atoms with E-state index in [0.29, 0.717) is 0 Å². The van der Waals surface area contributed by atoms with E-state index in [1.165, 1.54) is 0 Å². The predicted molar refractivity (Wildman–Crippen MR) is 115 cm³/mol. The van der Waals surface area contributed by atoms with Crippen molar-refractivity contribution < 1.29 is 0 Å². The molecule has 136 valence electrons. The Hall–Kier alpha value is -1.59. The fourth-order valence-electron chi connectivity index (χ4n) is 3.29. The van der Waals surface area contributed by atoms with Gasteiger partial charge in [-0.3, -0.25) is 9.13 Å². The van der Waals surface area contributed by atoms with Gasteiger partial charge in [0.25, 0.3) is 0 Å². The minimum atomic E-state index is 0.00143. The van der Waals surface area contributed by atoms with Gasteiger partial charge in [0.2, 0.25) is 0 Å². The number of aromatic nitrogens is 2. The normalized spacial score (nSPS) is 11.1. The summed E-state index contributed by atoms with van der Waals surface area (Å²) in [6.07, 6.45) is 3.75. The quantitative estimate of drug-likeness (QED) is 0.424. The van der Waals surface area contributed by atoms with Crippen LogP contribution in [0.5, 0.6) is 0 Å². The molecule has 1 heterocycles. The first-order chi connectivity index (χ1) is 12.6. The average Bonchev–Trinajstić information content (AvgIpc) is 2.89. The van der Waals surface area contributed by atoms with Crippen molar-refractivity contribution in [3.8, 4) is 11.4 Å². The maximum atomic E-state index is 13.4. The summed E-state index contributed by atoms with van der Waals surface area (Å²) in [5.41, 5.74) is 4.06. The maximum Gasteiger partial charge on any atom is 0.337 e. The Kier molecular flexibility index (Phi) is 6.20. The van der Waals surface area contributed by atoms with Crippen molar-refractivity contribution in [2.24, 2.45) is 0 Å². The lowest BCUT2D eigenvalue weighted by Crippen LogP contribution is -2.23. The van der Waals surface area contributed by atoms with E-state index in [-0.39, 0.29) is 5.69 Å². The van der Waals surface area contributed by atoms with Gasteiger partial charge in [0.15, 0.2) is 0 Å². The molecule has 2 aromatic carbocycles. The molecular weight excluding hydrogens is 456 g/mol. The molecule has 0 fully saturated rings. The number of benzene rings is 2. The summed E-state index contributed by atoms with van der Waals surface area (Å²) in [4.78, 5) is 13.4. The fourth-order valence-corrected chi connectivity index (χ4v) is 3.82. The number of imidazole rings is 1. The lowest BCUT2D eigenvalue weighted by molar-refractivity contribution is 0.794. The highest BCUT2D eigenvalue weighted by molar-refractivity contribution is 9.10. The predicted octanol–water partition coefficient (Wildman–Crippen LogP) is 6.06. The van der Waals surface area contributed by atoms with Gasteiger partial charge in [-0.1, -0.05) is 58.5 Å². The van der Waals surface area contributed by atoms with E-state index >= 15 is 0 Å². The van der Waals surface area contributed by atoms with Crippen LogP contribution in [0.15, 0.2) is 62.3 Å². The molecule has 0 atom stereocenters. The summed E-state index contributed by atoms with van der Waals surface area (Å²) in [5, 5.41) is 0. The molecular formula is C21H22Br2N2O. The summed E-state index contributed by atoms with van der Waals surface area (Å²) in [5.74, 6) is 0. The second kappa shape index (κ2) is 8.40. The Morgan fingerprint density at radius 1 is 0.692 bits per heavy atom. The number of nitrogens with zero attached hydrogens (tertiary/aromatic N) is 2. The van der Waals surface area contributed by atoms with Crippen molar-refractivity contribution in [2.45, 2.75) is 39.5 Å². The van der Waals surface area contributed by atoms with Gasteiger partial charge in [-0.15, -0.1) is 0 Å². The van der Waals surface area contributed by atoms with Crippen molar-refractivity contribution in [3.05, 3.63) is 79.3 Å². The Balaban J connectivity index is 2.30. The Labute approximate surface area is 170 Å². The van der Waals surface area contributed by atoms with Gasteiger partial charge in [0, 0.05) is 20.3 Å². The second-order valence-electron chi connectivity index (χ2n) is 6.30. The van der Waals surface area contributed by atoms with E-state index in [9.17, 15) is 4.79 Å². The first-order valence-corrected chi connectivity index (χ1v) is 10.5. The first kappa shape index (κ1) is 19.2. The standard InChI is InChI=1S/C21H22Br2N2O/c1-3-5-19-20(6-4-2)25(18-13-9-16(23)10-14-18)21(26)24(19)17-11-7-15(22)8-12-17/h7-14H,3-6H2,1-2H3. The summed E-state index contributed by atoms with van der Waals surface area (Å²) in [6.45, 7) is 4.31. The molecule has 0 unspecified atom stereocenters. The minimum Gasteiger partial charge on any atom is -0.264 e. The third-order valence-corrected chi connectivity index (χ3v) is 5.46. The minimum absolute atomic E-state index is 0.00143. The molecule has 3 aromatic rings. The Bertz CT molecular complexity index is 862. The van der Waals surface area contributed by atoms with Crippen molar-refractivity contribution >= 4 is 31.9 Å². The van der Waals surface area contributed by atoms with Gasteiger partial charge < -0.3 is 0 Å². The van der Waals surface area contributed by atoms with E-state index < -0.39 is 0 Å². The first-order valence-electron chi connectivity index (χ1n) is 8.94. The lowest BCUT2D eigenvalue weighted by atomic mass is 10.1. The molecule has 0 N–H and O–H groups in total. The fraction of sp³-hybridized carbons (Fsp3) is 0.286. The largest absolute Gasteiger partial charge is 0.337 e. The van der Waals surface area contributed by atoms with Crippen LogP contribution in [0, 0.1) is 0 Å². The van der Waals surface area contributed by atoms with E-state index in [0.717, 1.165) is 57.4 Å². The third-order valence-electron chi connectivity index (χ3n) is 4.40. The summed E-state index contributed by atoms with van der Waals surface area (Å²) >= 11 is 6.95. The molecule has 3 rings (SSSR count). The van der Waals surface area contributed by atoms with Crippen LogP contribution < -0.4 is 5.69 Å². The van der Waals surface area contributed by atoms with E-state index in [1.807, 2.05) is 57.7 Å². The van der Waals surface area contributed by atoms with E-state index in [2.05, 4.69) is 45.7 Å². The SMILES string of the molecule is CCCc1c(CCC)n(-c2ccc(Br)cc2)c(=O)n1-c1ccc(Br)cc1. The highest BCUT2D eigenvalue weighted by Crippen LogP contribution is 2.23. The smallest absolute Gasteiger partial charge is 0.264 e. The van der Waals surface area contributed by atoms with Crippen LogP contribution in [0.3, 0.4) is 0 Å². The topological polar surface area (TPSA) is 26.9 Å². The lowest BCUT2D eigenvalue weighted by Gasteiger charge is -2.10. The van der Waals surface area contributed by atoms with Crippen LogP contribution in [-0.2, 0) is 12.8 Å². The van der Waals surface area contributed by atoms with E-state index in [4.69, 9.17) is 0 Å². The number of rotatable bonds is 6. The summed E-state index contributed by atoms with van der Waals surface area (Å²) < 4.78 is 5.77. The molecule has 1 aromatic heterocycles. The van der Waals surface area contributed by atoms with Crippen molar-refractivity contribution in [2.75, 3.05) is 0 Å². The molecule has 0 aliphatic carbocycles. The van der Waals surface area contributed by atoms with Crippen LogP contribution in [0.25, 0.3) is 11.4 Å². The van der Waals surface area contributed by atoms with Gasteiger partial charge in [-0.05, 0) is 61.4 Å². The highest BCUT2D eigenvalue weighted by Gasteiger charge is 2.20. The van der Waals surface area contributed by atoms with E-state index in [1.54, 1.807) is 0 Å². The zero-order chi connectivity index (χ0) is 18.7. The van der Waals surface area contributed by atoms with Gasteiger partial charge in [-0.2, -0.15) is 0 Å². The van der Waals surface area contributed by atoms with Crippen molar-refractivity contribution in [3.63, 3.8) is 0 Å². The highest BCUT2D eigenvalue weighted by atomic mass is 79.9. The van der Waals surface area contributed by atoms with Gasteiger partial charge >= 0.3 is 5.69 Å². The van der Waals surface area contributed by atoms with Gasteiger partial charge in [-0.25, -0.2) is 4.79 Å². The number of halogens is 2. The van der Waals surface area contributed by atoms with Gasteiger partial charge in [0.05, 0.1) is 11.4 Å². The second-order valence-corrected chi connectivity index (χ2v) is 8.13. The summed E-state index contributed by atoms with van der Waals surface area (Å²) in [6, 6.07) is 15.9. The third kappa shape index (κ3) is 3.74. The molecule has 0 bridgehead atoms. The van der Waals surface area contributed by atoms with Crippen LogP contribution in [0.1, 0.15) is 38.1 Å². The molecule has 0 saturated carbocycles. The maximum absolute atomic E-state index is 13.4. The van der Waals surface area contributed by atoms with Gasteiger partial charge in [0.1, 0.15) is 0 Å². The molecule has 0 amide bonds. The zero-order valence-corrected chi connectivity index (χ0v) is 18.2. The zero-order valence-electron chi connectivity index (χ0n) is 15.0. The monoisotopic (exact) mass is 476 g/mol. The Morgan fingerprint density at radius 2 is 1.04 bits per heavy atom. The molecule has 0 aliphatic heterocycles. The number of hydrogen-bond donors (Lipinski definition) is 0. The van der Waals surface area contributed by atoms with Crippen LogP contribution in [0.4, 0.5) is 0 Å². The molecule has 26 heavy (non-hydrogen) atoms. The van der Waals surface area contributed by atoms with Crippen molar-refractivity contribution in [1.82, 2.24) is 9.13 Å². The molecule has 3 nitrogen and oxygen atoms in total. The molecule has 0 aliphatic rings.